The van der Waals surface area contributed by atoms with Crippen LogP contribution in [0.2, 0.25) is 5.02 Å². The highest BCUT2D eigenvalue weighted by atomic mass is 35.5. The van der Waals surface area contributed by atoms with Crippen LogP contribution in [0.1, 0.15) is 15.9 Å². The second-order valence-electron chi connectivity index (χ2n) is 4.75. The third-order valence-electron chi connectivity index (χ3n) is 2.89. The van der Waals surface area contributed by atoms with Crippen molar-refractivity contribution >= 4 is 39.2 Å². The average molecular weight is 354 g/mol. The third-order valence-corrected chi connectivity index (χ3v) is 3.81. The zero-order valence-corrected chi connectivity index (χ0v) is 13.7. The molecule has 120 valence electrons. The van der Waals surface area contributed by atoms with E-state index in [4.69, 9.17) is 11.6 Å². The first-order valence-electron chi connectivity index (χ1n) is 6.51. The Morgan fingerprint density at radius 3 is 2.52 bits per heavy atom. The molecular formula is C16H13ClFNO3S. The van der Waals surface area contributed by atoms with Crippen molar-refractivity contribution in [2.45, 2.75) is 0 Å². The van der Waals surface area contributed by atoms with Gasteiger partial charge in [0.15, 0.2) is 5.78 Å². The van der Waals surface area contributed by atoms with Crippen molar-refractivity contribution in [2.75, 3.05) is 11.0 Å². The summed E-state index contributed by atoms with van der Waals surface area (Å²) in [7, 11) is -3.52. The van der Waals surface area contributed by atoms with Gasteiger partial charge in [-0.05, 0) is 36.4 Å². The van der Waals surface area contributed by atoms with Crippen molar-refractivity contribution in [3.05, 3.63) is 70.5 Å². The van der Waals surface area contributed by atoms with Crippen LogP contribution in [0.25, 0.3) is 6.08 Å². The molecule has 0 heterocycles. The van der Waals surface area contributed by atoms with Crippen LogP contribution >= 0.6 is 11.6 Å². The van der Waals surface area contributed by atoms with E-state index >= 15 is 0 Å². The summed E-state index contributed by atoms with van der Waals surface area (Å²) >= 11 is 5.88. The van der Waals surface area contributed by atoms with E-state index in [0.29, 0.717) is 0 Å². The Kier molecular flexibility index (Phi) is 5.18. The van der Waals surface area contributed by atoms with Gasteiger partial charge < -0.3 is 0 Å². The SMILES string of the molecule is CS(=O)(=O)Nc1ccccc1C(=O)/C=C/c1c(F)cccc1Cl. The summed E-state index contributed by atoms with van der Waals surface area (Å²) in [6.45, 7) is 0. The normalized spacial score (nSPS) is 11.6. The number of benzene rings is 2. The number of rotatable bonds is 5. The lowest BCUT2D eigenvalue weighted by Gasteiger charge is -2.08. The van der Waals surface area contributed by atoms with E-state index in [1.54, 1.807) is 12.1 Å². The molecule has 7 heteroatoms. The topological polar surface area (TPSA) is 63.2 Å². The summed E-state index contributed by atoms with van der Waals surface area (Å²) in [5.74, 6) is -1.03. The molecule has 0 unspecified atom stereocenters. The Balaban J connectivity index is 2.33. The molecule has 1 N–H and O–H groups in total. The number of ketones is 1. The van der Waals surface area contributed by atoms with Crippen LogP contribution in [-0.2, 0) is 10.0 Å². The number of hydrogen-bond acceptors (Lipinski definition) is 3. The lowest BCUT2D eigenvalue weighted by atomic mass is 10.1. The first-order valence-corrected chi connectivity index (χ1v) is 8.78. The minimum atomic E-state index is -3.52. The Labute approximate surface area is 138 Å². The van der Waals surface area contributed by atoms with Gasteiger partial charge in [0, 0.05) is 11.1 Å². The minimum absolute atomic E-state index is 0.0936. The maximum Gasteiger partial charge on any atom is 0.229 e. The Bertz CT molecular complexity index is 858. The molecule has 0 radical (unpaired) electrons. The van der Waals surface area contributed by atoms with Crippen LogP contribution in [0.15, 0.2) is 48.5 Å². The van der Waals surface area contributed by atoms with E-state index in [1.165, 1.54) is 36.4 Å². The Hall–Kier alpha value is -2.18. The van der Waals surface area contributed by atoms with E-state index in [2.05, 4.69) is 4.72 Å². The number of sulfonamides is 1. The molecular weight excluding hydrogens is 341 g/mol. The number of nitrogens with one attached hydrogen (secondary N) is 1. The number of anilines is 1. The highest BCUT2D eigenvalue weighted by molar-refractivity contribution is 7.92. The number of allylic oxidation sites excluding steroid dienone is 1. The largest absolute Gasteiger partial charge is 0.289 e. The number of halogens is 2. The fourth-order valence-electron chi connectivity index (χ4n) is 1.91. The van der Waals surface area contributed by atoms with Crippen LogP contribution < -0.4 is 4.72 Å². The number of carbonyl (C=O) groups is 1. The first-order chi connectivity index (χ1) is 10.8. The molecule has 0 aliphatic carbocycles. The average Bonchev–Trinajstić information content (AvgIpc) is 2.45. The van der Waals surface area contributed by atoms with Crippen molar-refractivity contribution < 1.29 is 17.6 Å². The highest BCUT2D eigenvalue weighted by Gasteiger charge is 2.12. The van der Waals surface area contributed by atoms with Crippen LogP contribution in [0, 0.1) is 5.82 Å². The summed E-state index contributed by atoms with van der Waals surface area (Å²) in [6.07, 6.45) is 3.40. The molecule has 0 saturated heterocycles. The molecule has 2 aromatic rings. The molecule has 0 aromatic heterocycles. The molecule has 4 nitrogen and oxygen atoms in total. The van der Waals surface area contributed by atoms with Crippen LogP contribution in [0.4, 0.5) is 10.1 Å². The predicted molar refractivity (Wildman–Crippen MR) is 89.7 cm³/mol. The van der Waals surface area contributed by atoms with Gasteiger partial charge in [-0.15, -0.1) is 0 Å². The summed E-state index contributed by atoms with van der Waals surface area (Å²) in [6, 6.07) is 10.3. The molecule has 0 atom stereocenters. The number of hydrogen-bond donors (Lipinski definition) is 1. The summed E-state index contributed by atoms with van der Waals surface area (Å²) in [5.41, 5.74) is 0.405. The molecule has 0 spiro atoms. The summed E-state index contributed by atoms with van der Waals surface area (Å²) in [4.78, 5) is 12.3. The highest BCUT2D eigenvalue weighted by Crippen LogP contribution is 2.22. The van der Waals surface area contributed by atoms with Gasteiger partial charge in [-0.1, -0.05) is 29.8 Å². The van der Waals surface area contributed by atoms with E-state index < -0.39 is 21.6 Å². The molecule has 0 bridgehead atoms. The van der Waals surface area contributed by atoms with Gasteiger partial charge in [-0.25, -0.2) is 12.8 Å². The molecule has 23 heavy (non-hydrogen) atoms. The fraction of sp³-hybridized carbons (Fsp3) is 0.0625. The van der Waals surface area contributed by atoms with Crippen molar-refractivity contribution in [2.24, 2.45) is 0 Å². The Morgan fingerprint density at radius 2 is 1.87 bits per heavy atom. The molecule has 2 rings (SSSR count). The van der Waals surface area contributed by atoms with Gasteiger partial charge in [0.1, 0.15) is 5.82 Å². The van der Waals surface area contributed by atoms with Gasteiger partial charge in [-0.3, -0.25) is 9.52 Å². The standard InChI is InChI=1S/C16H13ClFNO3S/c1-23(21,22)19-15-8-3-2-5-12(15)16(20)10-9-11-13(17)6-4-7-14(11)18/h2-10,19H,1H3/b10-9+. The minimum Gasteiger partial charge on any atom is -0.289 e. The van der Waals surface area contributed by atoms with Crippen LogP contribution in [0.5, 0.6) is 0 Å². The van der Waals surface area contributed by atoms with Crippen LogP contribution in [-0.4, -0.2) is 20.5 Å². The van der Waals surface area contributed by atoms with Gasteiger partial charge in [-0.2, -0.15) is 0 Å². The second-order valence-corrected chi connectivity index (χ2v) is 6.91. The molecule has 0 fully saturated rings. The smallest absolute Gasteiger partial charge is 0.229 e. The second kappa shape index (κ2) is 6.93. The lowest BCUT2D eigenvalue weighted by molar-refractivity contribution is 0.104. The zero-order valence-electron chi connectivity index (χ0n) is 12.1. The fourth-order valence-corrected chi connectivity index (χ4v) is 2.71. The Morgan fingerprint density at radius 1 is 1.17 bits per heavy atom. The zero-order chi connectivity index (χ0) is 17.0. The summed E-state index contributed by atoms with van der Waals surface area (Å²) < 4.78 is 38.6. The van der Waals surface area contributed by atoms with E-state index in [1.807, 2.05) is 0 Å². The van der Waals surface area contributed by atoms with Crippen molar-refractivity contribution in [1.82, 2.24) is 0 Å². The van der Waals surface area contributed by atoms with E-state index in [0.717, 1.165) is 12.3 Å². The van der Waals surface area contributed by atoms with Crippen molar-refractivity contribution in [3.8, 4) is 0 Å². The summed E-state index contributed by atoms with van der Waals surface area (Å²) in [5, 5.41) is 0.177. The molecule has 0 aliphatic heterocycles. The van der Waals surface area contributed by atoms with E-state index in [-0.39, 0.29) is 21.8 Å². The van der Waals surface area contributed by atoms with Crippen molar-refractivity contribution in [3.63, 3.8) is 0 Å². The number of para-hydroxylation sites is 1. The quantitative estimate of drug-likeness (QED) is 0.657. The predicted octanol–water partition coefficient (Wildman–Crippen LogP) is 3.75. The van der Waals surface area contributed by atoms with Crippen molar-refractivity contribution in [1.29, 1.82) is 0 Å². The van der Waals surface area contributed by atoms with Gasteiger partial charge in [0.05, 0.1) is 17.0 Å². The molecule has 0 amide bonds. The molecule has 2 aromatic carbocycles. The van der Waals surface area contributed by atoms with Gasteiger partial charge >= 0.3 is 0 Å². The van der Waals surface area contributed by atoms with Crippen LogP contribution in [0.3, 0.4) is 0 Å². The molecule has 0 saturated carbocycles. The maximum absolute atomic E-state index is 13.7. The number of carbonyl (C=O) groups excluding carboxylic acids is 1. The first kappa shape index (κ1) is 17.2. The maximum atomic E-state index is 13.7. The van der Waals surface area contributed by atoms with Gasteiger partial charge in [0.25, 0.3) is 0 Å². The monoisotopic (exact) mass is 353 g/mol. The third kappa shape index (κ3) is 4.64. The van der Waals surface area contributed by atoms with E-state index in [9.17, 15) is 17.6 Å². The lowest BCUT2D eigenvalue weighted by Crippen LogP contribution is -2.12. The van der Waals surface area contributed by atoms with Gasteiger partial charge in [0.2, 0.25) is 10.0 Å². The molecule has 0 aliphatic rings.